The fraction of sp³-hybridized carbons (Fsp3) is 0.350. The number of morpholine rings is 1. The van der Waals surface area contributed by atoms with Gasteiger partial charge in [0.15, 0.2) is 0 Å². The van der Waals surface area contributed by atoms with E-state index in [1.54, 1.807) is 0 Å². The molecule has 26 heavy (non-hydrogen) atoms. The van der Waals surface area contributed by atoms with Crippen LogP contribution in [0.1, 0.15) is 11.1 Å². The third-order valence-electron chi connectivity index (χ3n) is 4.29. The van der Waals surface area contributed by atoms with Crippen molar-refractivity contribution in [2.75, 3.05) is 39.4 Å². The number of nitrogens with one attached hydrogen (secondary N) is 1. The fourth-order valence-corrected chi connectivity index (χ4v) is 3.26. The summed E-state index contributed by atoms with van der Waals surface area (Å²) in [5.41, 5.74) is 1.85. The first-order valence-corrected chi connectivity index (χ1v) is 9.56. The van der Waals surface area contributed by atoms with Gasteiger partial charge in [-0.05, 0) is 18.2 Å². The highest BCUT2D eigenvalue weighted by Crippen LogP contribution is 2.22. The summed E-state index contributed by atoms with van der Waals surface area (Å²) >= 11 is 11.8. The van der Waals surface area contributed by atoms with E-state index >= 15 is 0 Å². The summed E-state index contributed by atoms with van der Waals surface area (Å²) < 4.78 is 11.4. The maximum Gasteiger partial charge on any atom is 0.129 e. The van der Waals surface area contributed by atoms with Gasteiger partial charge in [-0.1, -0.05) is 54.2 Å². The molecule has 2 aromatic rings. The Kier molecular flexibility index (Phi) is 7.26. The van der Waals surface area contributed by atoms with Gasteiger partial charge in [-0.15, -0.1) is 0 Å². The minimum absolute atomic E-state index is 0.410. The van der Waals surface area contributed by atoms with Gasteiger partial charge in [0.05, 0.1) is 18.8 Å². The van der Waals surface area contributed by atoms with Gasteiger partial charge in [0, 0.05) is 36.8 Å². The number of ether oxygens (including phenoxy) is 2. The molecule has 0 spiro atoms. The van der Waals surface area contributed by atoms with Crippen LogP contribution in [0, 0.1) is 0 Å². The van der Waals surface area contributed by atoms with Crippen LogP contribution in [0.3, 0.4) is 0 Å². The predicted octanol–water partition coefficient (Wildman–Crippen LogP) is 3.52. The Balaban J connectivity index is 1.55. The molecule has 3 rings (SSSR count). The lowest BCUT2D eigenvalue weighted by Crippen LogP contribution is -2.41. The summed E-state index contributed by atoms with van der Waals surface area (Å²) in [6, 6.07) is 15.5. The molecule has 4 nitrogen and oxygen atoms in total. The molecule has 0 aliphatic carbocycles. The van der Waals surface area contributed by atoms with Crippen molar-refractivity contribution >= 4 is 28.8 Å². The van der Waals surface area contributed by atoms with Crippen molar-refractivity contribution in [3.63, 3.8) is 0 Å². The zero-order valence-electron chi connectivity index (χ0n) is 14.6. The van der Waals surface area contributed by atoms with Crippen molar-refractivity contribution in [3.8, 4) is 5.75 Å². The average Bonchev–Trinajstić information content (AvgIpc) is 2.68. The van der Waals surface area contributed by atoms with Crippen LogP contribution in [0.4, 0.5) is 0 Å². The Morgan fingerprint density at radius 1 is 1.12 bits per heavy atom. The van der Waals surface area contributed by atoms with Gasteiger partial charge in [-0.2, -0.15) is 0 Å². The van der Waals surface area contributed by atoms with E-state index in [-0.39, 0.29) is 0 Å². The minimum atomic E-state index is 0.410. The number of thiocarbonyl (C=S) groups is 1. The second-order valence-electron chi connectivity index (χ2n) is 6.09. The van der Waals surface area contributed by atoms with Crippen LogP contribution < -0.4 is 10.1 Å². The Bertz CT molecular complexity index is 735. The molecule has 1 saturated heterocycles. The molecule has 138 valence electrons. The van der Waals surface area contributed by atoms with Gasteiger partial charge in [-0.25, -0.2) is 0 Å². The van der Waals surface area contributed by atoms with Crippen molar-refractivity contribution in [1.29, 1.82) is 0 Å². The number of nitrogens with zero attached hydrogens (tertiary/aromatic N) is 1. The molecule has 1 aliphatic heterocycles. The lowest BCUT2D eigenvalue weighted by molar-refractivity contribution is 0.0389. The van der Waals surface area contributed by atoms with Crippen molar-refractivity contribution in [1.82, 2.24) is 10.2 Å². The Morgan fingerprint density at radius 2 is 1.85 bits per heavy atom. The highest BCUT2D eigenvalue weighted by molar-refractivity contribution is 7.80. The minimum Gasteiger partial charge on any atom is -0.488 e. The van der Waals surface area contributed by atoms with Crippen LogP contribution in [-0.4, -0.2) is 49.3 Å². The van der Waals surface area contributed by atoms with Crippen LogP contribution in [0.5, 0.6) is 5.75 Å². The first-order chi connectivity index (χ1) is 12.7. The number of halogens is 1. The molecule has 1 N–H and O–H groups in total. The van der Waals surface area contributed by atoms with E-state index in [2.05, 4.69) is 10.2 Å². The monoisotopic (exact) mass is 390 g/mol. The molecule has 0 bridgehead atoms. The topological polar surface area (TPSA) is 33.7 Å². The van der Waals surface area contributed by atoms with E-state index in [1.807, 2.05) is 48.5 Å². The molecule has 0 amide bonds. The maximum atomic E-state index is 6.20. The first-order valence-electron chi connectivity index (χ1n) is 8.77. The van der Waals surface area contributed by atoms with Gasteiger partial charge in [0.2, 0.25) is 0 Å². The summed E-state index contributed by atoms with van der Waals surface area (Å²) in [5.74, 6) is 0.760. The quantitative estimate of drug-likeness (QED) is 0.731. The van der Waals surface area contributed by atoms with Gasteiger partial charge in [-0.3, -0.25) is 4.90 Å². The maximum absolute atomic E-state index is 6.20. The SMILES string of the molecule is S=C(NCCN1CCOCC1)c1ccccc1OCc1ccccc1Cl. The Morgan fingerprint density at radius 3 is 2.65 bits per heavy atom. The van der Waals surface area contributed by atoms with Crippen molar-refractivity contribution < 1.29 is 9.47 Å². The molecule has 2 aromatic carbocycles. The van der Waals surface area contributed by atoms with Crippen LogP contribution in [-0.2, 0) is 11.3 Å². The highest BCUT2D eigenvalue weighted by atomic mass is 35.5. The van der Waals surface area contributed by atoms with Crippen LogP contribution in [0.25, 0.3) is 0 Å². The summed E-state index contributed by atoms with van der Waals surface area (Å²) in [6.45, 7) is 5.74. The number of benzene rings is 2. The second-order valence-corrected chi connectivity index (χ2v) is 6.90. The molecular weight excluding hydrogens is 368 g/mol. The van der Waals surface area contributed by atoms with E-state index in [1.165, 1.54) is 0 Å². The van der Waals surface area contributed by atoms with Gasteiger partial charge in [0.1, 0.15) is 17.3 Å². The predicted molar refractivity (Wildman–Crippen MR) is 109 cm³/mol. The molecule has 0 unspecified atom stereocenters. The average molecular weight is 391 g/mol. The smallest absolute Gasteiger partial charge is 0.129 e. The van der Waals surface area contributed by atoms with Crippen molar-refractivity contribution in [2.45, 2.75) is 6.61 Å². The molecule has 1 fully saturated rings. The first kappa shape index (κ1) is 19.1. The number of hydrogen-bond acceptors (Lipinski definition) is 4. The molecule has 1 heterocycles. The van der Waals surface area contributed by atoms with Gasteiger partial charge >= 0.3 is 0 Å². The zero-order valence-corrected chi connectivity index (χ0v) is 16.2. The van der Waals surface area contributed by atoms with E-state index in [0.717, 1.165) is 56.3 Å². The van der Waals surface area contributed by atoms with E-state index in [0.29, 0.717) is 16.6 Å². The standard InChI is InChI=1S/C20H23ClN2O2S/c21-18-7-3-1-5-16(18)15-25-19-8-4-2-6-17(19)20(26)22-9-10-23-11-13-24-14-12-23/h1-8H,9-15H2,(H,22,26). The molecule has 0 radical (unpaired) electrons. The third-order valence-corrected chi connectivity index (χ3v) is 5.02. The van der Waals surface area contributed by atoms with E-state index in [4.69, 9.17) is 33.3 Å². The van der Waals surface area contributed by atoms with Crippen LogP contribution in [0.2, 0.25) is 5.02 Å². The van der Waals surface area contributed by atoms with Crippen LogP contribution >= 0.6 is 23.8 Å². The second kappa shape index (κ2) is 9.88. The van der Waals surface area contributed by atoms with Crippen LogP contribution in [0.15, 0.2) is 48.5 Å². The third kappa shape index (κ3) is 5.42. The largest absolute Gasteiger partial charge is 0.488 e. The van der Waals surface area contributed by atoms with Crippen molar-refractivity contribution in [2.24, 2.45) is 0 Å². The molecular formula is C20H23ClN2O2S. The highest BCUT2D eigenvalue weighted by Gasteiger charge is 2.12. The zero-order chi connectivity index (χ0) is 18.2. The molecule has 0 aromatic heterocycles. The fourth-order valence-electron chi connectivity index (χ4n) is 2.80. The van der Waals surface area contributed by atoms with Crippen molar-refractivity contribution in [3.05, 3.63) is 64.7 Å². The van der Waals surface area contributed by atoms with E-state index < -0.39 is 0 Å². The molecule has 1 aliphatic rings. The molecule has 0 saturated carbocycles. The number of rotatable bonds is 7. The number of hydrogen-bond donors (Lipinski definition) is 1. The molecule has 6 heteroatoms. The van der Waals surface area contributed by atoms with Gasteiger partial charge in [0.25, 0.3) is 0 Å². The normalized spacial score (nSPS) is 14.8. The lowest BCUT2D eigenvalue weighted by Gasteiger charge is -2.26. The molecule has 0 atom stereocenters. The summed E-state index contributed by atoms with van der Waals surface area (Å²) in [7, 11) is 0. The summed E-state index contributed by atoms with van der Waals surface area (Å²) in [6.07, 6.45) is 0. The Hall–Kier alpha value is -1.66. The lowest BCUT2D eigenvalue weighted by atomic mass is 10.2. The summed E-state index contributed by atoms with van der Waals surface area (Å²) in [4.78, 5) is 3.08. The Labute approximate surface area is 165 Å². The number of para-hydroxylation sites is 1. The van der Waals surface area contributed by atoms with E-state index in [9.17, 15) is 0 Å². The summed E-state index contributed by atoms with van der Waals surface area (Å²) in [5, 5.41) is 4.04. The van der Waals surface area contributed by atoms with Gasteiger partial charge < -0.3 is 14.8 Å².